The SMILES string of the molecule is CCC(CO)(CO)NC(=O)CC12CC3CC(CC(C3)C1)C2. The number of amides is 1. The van der Waals surface area contributed by atoms with Crippen LogP contribution in [0.15, 0.2) is 0 Å². The van der Waals surface area contributed by atoms with Crippen molar-refractivity contribution in [2.24, 2.45) is 23.2 Å². The number of aliphatic hydroxyl groups is 2. The maximum Gasteiger partial charge on any atom is 0.221 e. The zero-order valence-electron chi connectivity index (χ0n) is 13.1. The minimum atomic E-state index is -0.848. The quantitative estimate of drug-likeness (QED) is 0.700. The largest absolute Gasteiger partial charge is 0.394 e. The van der Waals surface area contributed by atoms with E-state index in [-0.39, 0.29) is 24.5 Å². The van der Waals surface area contributed by atoms with Crippen molar-refractivity contribution in [2.45, 2.75) is 63.8 Å². The van der Waals surface area contributed by atoms with E-state index in [0.29, 0.717) is 12.8 Å². The van der Waals surface area contributed by atoms with Crippen molar-refractivity contribution in [3.63, 3.8) is 0 Å². The molecule has 4 fully saturated rings. The second-order valence-corrected chi connectivity index (χ2v) is 8.09. The Morgan fingerprint density at radius 1 is 1.10 bits per heavy atom. The van der Waals surface area contributed by atoms with E-state index in [0.717, 1.165) is 17.8 Å². The fourth-order valence-electron chi connectivity index (χ4n) is 5.63. The second-order valence-electron chi connectivity index (χ2n) is 8.09. The van der Waals surface area contributed by atoms with E-state index < -0.39 is 5.54 Å². The predicted molar refractivity (Wildman–Crippen MR) is 80.6 cm³/mol. The summed E-state index contributed by atoms with van der Waals surface area (Å²) in [4.78, 5) is 12.5. The van der Waals surface area contributed by atoms with Crippen molar-refractivity contribution < 1.29 is 15.0 Å². The summed E-state index contributed by atoms with van der Waals surface area (Å²) in [6, 6.07) is 0. The molecule has 0 spiro atoms. The summed E-state index contributed by atoms with van der Waals surface area (Å²) in [7, 11) is 0. The molecule has 120 valence electrons. The van der Waals surface area contributed by atoms with Crippen molar-refractivity contribution in [3.05, 3.63) is 0 Å². The van der Waals surface area contributed by atoms with Gasteiger partial charge in [0.1, 0.15) is 0 Å². The molecule has 0 saturated heterocycles. The molecule has 0 heterocycles. The van der Waals surface area contributed by atoms with Crippen LogP contribution in [0, 0.1) is 23.2 Å². The standard InChI is InChI=1S/C17H29NO3/c1-2-17(10-19,11-20)18-15(21)9-16-6-12-3-13(7-16)5-14(4-12)8-16/h12-14,19-20H,2-11H2,1H3,(H,18,21). The average molecular weight is 295 g/mol. The maximum absolute atomic E-state index is 12.5. The first-order valence-corrected chi connectivity index (χ1v) is 8.55. The van der Waals surface area contributed by atoms with Crippen LogP contribution in [0.2, 0.25) is 0 Å². The third-order valence-electron chi connectivity index (χ3n) is 6.39. The lowest BCUT2D eigenvalue weighted by atomic mass is 9.49. The van der Waals surface area contributed by atoms with E-state index in [1.54, 1.807) is 0 Å². The monoisotopic (exact) mass is 295 g/mol. The van der Waals surface area contributed by atoms with E-state index in [2.05, 4.69) is 5.32 Å². The Labute approximate surface area is 127 Å². The molecule has 0 atom stereocenters. The summed E-state index contributed by atoms with van der Waals surface area (Å²) < 4.78 is 0. The average Bonchev–Trinajstić information content (AvgIpc) is 2.43. The number of hydrogen-bond donors (Lipinski definition) is 3. The molecule has 4 heteroatoms. The Hall–Kier alpha value is -0.610. The molecule has 0 aromatic heterocycles. The summed E-state index contributed by atoms with van der Waals surface area (Å²) in [5.74, 6) is 2.55. The van der Waals surface area contributed by atoms with Crippen LogP contribution in [0.3, 0.4) is 0 Å². The molecule has 4 nitrogen and oxygen atoms in total. The van der Waals surface area contributed by atoms with Gasteiger partial charge in [0, 0.05) is 6.42 Å². The number of nitrogens with one attached hydrogen (secondary N) is 1. The fraction of sp³-hybridized carbons (Fsp3) is 0.941. The van der Waals surface area contributed by atoms with Gasteiger partial charge in [-0.15, -0.1) is 0 Å². The fourth-order valence-corrected chi connectivity index (χ4v) is 5.63. The highest BCUT2D eigenvalue weighted by Gasteiger charge is 2.51. The molecule has 0 aromatic carbocycles. The van der Waals surface area contributed by atoms with Gasteiger partial charge in [0.15, 0.2) is 0 Å². The molecule has 3 N–H and O–H groups in total. The van der Waals surface area contributed by atoms with Gasteiger partial charge in [-0.3, -0.25) is 4.79 Å². The molecule has 0 radical (unpaired) electrons. The number of rotatable bonds is 6. The highest BCUT2D eigenvalue weighted by molar-refractivity contribution is 5.77. The van der Waals surface area contributed by atoms with Gasteiger partial charge >= 0.3 is 0 Å². The van der Waals surface area contributed by atoms with E-state index >= 15 is 0 Å². The zero-order chi connectivity index (χ0) is 15.1. The first kappa shape index (κ1) is 15.3. The highest BCUT2D eigenvalue weighted by atomic mass is 16.3. The number of aliphatic hydroxyl groups excluding tert-OH is 2. The molecule has 4 aliphatic rings. The third-order valence-corrected chi connectivity index (χ3v) is 6.39. The molecular weight excluding hydrogens is 266 g/mol. The van der Waals surface area contributed by atoms with E-state index in [4.69, 9.17) is 0 Å². The summed E-state index contributed by atoms with van der Waals surface area (Å²) in [6.07, 6.45) is 8.91. The lowest BCUT2D eigenvalue weighted by Crippen LogP contribution is -2.55. The summed E-state index contributed by atoms with van der Waals surface area (Å²) in [6.45, 7) is 1.48. The number of carbonyl (C=O) groups is 1. The molecule has 4 saturated carbocycles. The van der Waals surface area contributed by atoms with Crippen LogP contribution >= 0.6 is 0 Å². The molecule has 21 heavy (non-hydrogen) atoms. The Kier molecular flexibility index (Phi) is 4.04. The van der Waals surface area contributed by atoms with Crippen LogP contribution in [-0.2, 0) is 4.79 Å². The number of carbonyl (C=O) groups excluding carboxylic acids is 1. The highest BCUT2D eigenvalue weighted by Crippen LogP contribution is 2.61. The molecule has 0 unspecified atom stereocenters. The molecule has 0 aliphatic heterocycles. The minimum absolute atomic E-state index is 0.0156. The van der Waals surface area contributed by atoms with Gasteiger partial charge < -0.3 is 15.5 Å². The van der Waals surface area contributed by atoms with E-state index in [9.17, 15) is 15.0 Å². The van der Waals surface area contributed by atoms with Gasteiger partial charge in [-0.2, -0.15) is 0 Å². The van der Waals surface area contributed by atoms with Crippen LogP contribution in [0.5, 0.6) is 0 Å². The Morgan fingerprint density at radius 2 is 1.57 bits per heavy atom. The van der Waals surface area contributed by atoms with Crippen LogP contribution in [0.25, 0.3) is 0 Å². The van der Waals surface area contributed by atoms with Crippen LogP contribution in [-0.4, -0.2) is 34.9 Å². The molecular formula is C17H29NO3. The van der Waals surface area contributed by atoms with Gasteiger partial charge in [-0.1, -0.05) is 6.92 Å². The summed E-state index contributed by atoms with van der Waals surface area (Å²) >= 11 is 0. The maximum atomic E-state index is 12.5. The third kappa shape index (κ3) is 2.85. The molecule has 1 amide bonds. The van der Waals surface area contributed by atoms with Crippen molar-refractivity contribution in [1.29, 1.82) is 0 Å². The van der Waals surface area contributed by atoms with Crippen molar-refractivity contribution in [1.82, 2.24) is 5.32 Å². The molecule has 4 rings (SSSR count). The summed E-state index contributed by atoms with van der Waals surface area (Å²) in [5, 5.41) is 21.9. The van der Waals surface area contributed by atoms with Gasteiger partial charge in [-0.25, -0.2) is 0 Å². The summed E-state index contributed by atoms with van der Waals surface area (Å²) in [5.41, 5.74) is -0.636. The van der Waals surface area contributed by atoms with Crippen molar-refractivity contribution >= 4 is 5.91 Å². The molecule has 0 aromatic rings. The van der Waals surface area contributed by atoms with Gasteiger partial charge in [-0.05, 0) is 68.1 Å². The Balaban J connectivity index is 1.65. The second kappa shape index (κ2) is 5.54. The van der Waals surface area contributed by atoms with Gasteiger partial charge in [0.2, 0.25) is 5.91 Å². The molecule has 4 aliphatic carbocycles. The first-order valence-electron chi connectivity index (χ1n) is 8.55. The predicted octanol–water partition coefficient (Wildman–Crippen LogP) is 1.84. The minimum Gasteiger partial charge on any atom is -0.394 e. The molecule has 4 bridgehead atoms. The lowest BCUT2D eigenvalue weighted by molar-refractivity contribution is -0.132. The van der Waals surface area contributed by atoms with E-state index in [1.165, 1.54) is 38.5 Å². The van der Waals surface area contributed by atoms with Crippen LogP contribution < -0.4 is 5.32 Å². The number of hydrogen-bond acceptors (Lipinski definition) is 3. The normalized spacial score (nSPS) is 37.8. The van der Waals surface area contributed by atoms with Gasteiger partial charge in [0.25, 0.3) is 0 Å². The van der Waals surface area contributed by atoms with E-state index in [1.807, 2.05) is 6.92 Å². The van der Waals surface area contributed by atoms with Crippen LogP contribution in [0.4, 0.5) is 0 Å². The van der Waals surface area contributed by atoms with Crippen molar-refractivity contribution in [3.8, 4) is 0 Å². The van der Waals surface area contributed by atoms with Crippen molar-refractivity contribution in [2.75, 3.05) is 13.2 Å². The Morgan fingerprint density at radius 3 is 1.95 bits per heavy atom. The van der Waals surface area contributed by atoms with Crippen LogP contribution in [0.1, 0.15) is 58.3 Å². The first-order chi connectivity index (χ1) is 10.0. The smallest absolute Gasteiger partial charge is 0.221 e. The topological polar surface area (TPSA) is 69.6 Å². The lowest BCUT2D eigenvalue weighted by Gasteiger charge is -2.56. The Bertz CT molecular complexity index is 359. The zero-order valence-corrected chi connectivity index (χ0v) is 13.1. The van der Waals surface area contributed by atoms with Gasteiger partial charge in [0.05, 0.1) is 18.8 Å².